The third-order valence-electron chi connectivity index (χ3n) is 7.28. The highest BCUT2D eigenvalue weighted by Gasteiger charge is 2.51. The van der Waals surface area contributed by atoms with E-state index in [0.717, 1.165) is 68.8 Å². The number of nitrogens with zero attached hydrogens (tertiary/aromatic N) is 1. The topological polar surface area (TPSA) is 70.7 Å². The van der Waals surface area contributed by atoms with Crippen molar-refractivity contribution < 1.29 is 14.3 Å². The first-order chi connectivity index (χ1) is 14.6. The maximum atomic E-state index is 12.6. The molecule has 0 aromatic heterocycles. The Labute approximate surface area is 194 Å². The van der Waals surface area contributed by atoms with Gasteiger partial charge in [-0.15, -0.1) is 12.4 Å². The molecule has 5 fully saturated rings. The lowest BCUT2D eigenvalue weighted by molar-refractivity contribution is -0.0161. The van der Waals surface area contributed by atoms with Gasteiger partial charge in [-0.2, -0.15) is 0 Å². The monoisotopic (exact) mass is 465 g/mol. The summed E-state index contributed by atoms with van der Waals surface area (Å²) in [5.74, 6) is 3.55. The summed E-state index contributed by atoms with van der Waals surface area (Å²) in [4.78, 5) is 26.7. The molecule has 1 saturated heterocycles. The van der Waals surface area contributed by atoms with Gasteiger partial charge in [0.25, 0.3) is 5.24 Å². The number of carbonyl (C=O) groups excluding carboxylic acids is 2. The minimum absolute atomic E-state index is 0. The van der Waals surface area contributed by atoms with E-state index in [1.54, 1.807) is 0 Å². The normalized spacial score (nSPS) is 31.1. The van der Waals surface area contributed by atoms with E-state index in [9.17, 15) is 9.59 Å². The van der Waals surface area contributed by atoms with Gasteiger partial charge in [-0.05, 0) is 74.0 Å². The average molecular weight is 466 g/mol. The number of hydrogen-bond acceptors (Lipinski definition) is 5. The van der Waals surface area contributed by atoms with E-state index >= 15 is 0 Å². The molecule has 8 heteroatoms. The van der Waals surface area contributed by atoms with Crippen molar-refractivity contribution in [2.45, 2.75) is 49.8 Å². The number of halogens is 1. The number of piperazine rings is 1. The van der Waals surface area contributed by atoms with Gasteiger partial charge >= 0.3 is 6.09 Å². The van der Waals surface area contributed by atoms with E-state index in [1.165, 1.54) is 31.0 Å². The summed E-state index contributed by atoms with van der Waals surface area (Å²) in [6.07, 6.45) is 7.08. The molecule has 1 aromatic rings. The van der Waals surface area contributed by atoms with Crippen LogP contribution < -0.4 is 15.4 Å². The molecule has 0 spiro atoms. The molecular weight excluding hydrogens is 434 g/mol. The largest absolute Gasteiger partial charge is 0.413 e. The van der Waals surface area contributed by atoms with Crippen LogP contribution >= 0.6 is 24.2 Å². The highest BCUT2D eigenvalue weighted by atomic mass is 35.5. The Kier molecular flexibility index (Phi) is 7.04. The fourth-order valence-corrected chi connectivity index (χ4v) is 7.20. The van der Waals surface area contributed by atoms with E-state index in [0.29, 0.717) is 11.5 Å². The molecule has 1 aliphatic heterocycles. The summed E-state index contributed by atoms with van der Waals surface area (Å²) in [5, 5.41) is 6.63. The van der Waals surface area contributed by atoms with Crippen LogP contribution in [0.25, 0.3) is 0 Å². The summed E-state index contributed by atoms with van der Waals surface area (Å²) < 4.78 is 5.59. The minimum atomic E-state index is -0.326. The second kappa shape index (κ2) is 9.59. The van der Waals surface area contributed by atoms with Gasteiger partial charge in [-0.3, -0.25) is 4.79 Å². The molecule has 4 saturated carbocycles. The van der Waals surface area contributed by atoms with Crippen LogP contribution in [0, 0.1) is 17.8 Å². The third-order valence-corrected chi connectivity index (χ3v) is 8.26. The maximum absolute atomic E-state index is 12.6. The molecule has 6 nitrogen and oxygen atoms in total. The van der Waals surface area contributed by atoms with Crippen molar-refractivity contribution in [1.82, 2.24) is 15.5 Å². The van der Waals surface area contributed by atoms with Gasteiger partial charge in [0.1, 0.15) is 5.75 Å². The van der Waals surface area contributed by atoms with Crippen molar-refractivity contribution in [3.63, 3.8) is 0 Å². The van der Waals surface area contributed by atoms with Crippen LogP contribution in [0.5, 0.6) is 5.75 Å². The van der Waals surface area contributed by atoms with Crippen LogP contribution in [0.2, 0.25) is 0 Å². The summed E-state index contributed by atoms with van der Waals surface area (Å²) >= 11 is 1.33. The van der Waals surface area contributed by atoms with Crippen LogP contribution in [0.3, 0.4) is 0 Å². The van der Waals surface area contributed by atoms with Crippen molar-refractivity contribution in [3.8, 4) is 5.75 Å². The Balaban J connectivity index is 0.00000231. The predicted octanol–water partition coefficient (Wildman–Crippen LogP) is 4.42. The number of carbonyl (C=O) groups is 2. The highest BCUT2D eigenvalue weighted by molar-refractivity contribution is 8.12. The Morgan fingerprint density at radius 2 is 1.61 bits per heavy atom. The van der Waals surface area contributed by atoms with E-state index in [4.69, 9.17) is 4.74 Å². The quantitative estimate of drug-likeness (QED) is 0.688. The van der Waals surface area contributed by atoms with Gasteiger partial charge in [0.2, 0.25) is 0 Å². The number of benzene rings is 1. The van der Waals surface area contributed by atoms with Gasteiger partial charge in [0.15, 0.2) is 0 Å². The first-order valence-corrected chi connectivity index (χ1v) is 12.3. The number of hydrogen-bond donors (Lipinski definition) is 2. The fourth-order valence-electron chi connectivity index (χ4n) is 6.35. The molecule has 2 N–H and O–H groups in total. The lowest BCUT2D eigenvalue weighted by atomic mass is 9.53. The number of rotatable bonds is 4. The van der Waals surface area contributed by atoms with Gasteiger partial charge < -0.3 is 20.3 Å². The Bertz CT molecular complexity index is 762. The molecule has 4 aliphatic carbocycles. The van der Waals surface area contributed by atoms with Crippen LogP contribution in [-0.4, -0.2) is 48.0 Å². The van der Waals surface area contributed by atoms with Crippen LogP contribution in [0.15, 0.2) is 24.3 Å². The number of amides is 2. The summed E-state index contributed by atoms with van der Waals surface area (Å²) in [7, 11) is 0. The molecule has 0 atom stereocenters. The average Bonchev–Trinajstić information content (AvgIpc) is 2.72. The van der Waals surface area contributed by atoms with E-state index in [1.807, 2.05) is 29.2 Å². The van der Waals surface area contributed by atoms with Crippen LogP contribution in [0.4, 0.5) is 9.59 Å². The van der Waals surface area contributed by atoms with Crippen molar-refractivity contribution in [1.29, 1.82) is 0 Å². The summed E-state index contributed by atoms with van der Waals surface area (Å²) in [6, 6.07) is 7.52. The second-order valence-electron chi connectivity index (χ2n) is 9.65. The number of thioether (sulfide) groups is 1. The molecule has 1 aromatic carbocycles. The molecule has 6 rings (SSSR count). The molecule has 2 amide bonds. The van der Waals surface area contributed by atoms with Gasteiger partial charge in [-0.25, -0.2) is 4.79 Å². The highest BCUT2D eigenvalue weighted by Crippen LogP contribution is 2.55. The SMILES string of the molecule is Cl.O=C(NC12CC3CC(CC(C3)C1)C2)Oc1ccc(CSC(=O)N2CCNCC2)cc1. The Hall–Kier alpha value is -1.44. The lowest BCUT2D eigenvalue weighted by Gasteiger charge is -2.56. The first-order valence-electron chi connectivity index (χ1n) is 11.3. The zero-order valence-electron chi connectivity index (χ0n) is 17.8. The van der Waals surface area contributed by atoms with Gasteiger partial charge in [-0.1, -0.05) is 23.9 Å². The standard InChI is InChI=1S/C23H31N3O3S.ClH/c27-21(25-23-12-17-9-18(13-23)11-19(10-17)14-23)29-20-3-1-16(2-4-20)15-30-22(28)26-7-5-24-6-8-26;/h1-4,17-19,24H,5-15H2,(H,25,27);1H. The maximum Gasteiger partial charge on any atom is 0.413 e. The third kappa shape index (κ3) is 5.32. The van der Waals surface area contributed by atoms with E-state index < -0.39 is 0 Å². The molecular formula is C23H32ClN3O3S. The number of nitrogens with one attached hydrogen (secondary N) is 2. The minimum Gasteiger partial charge on any atom is -0.410 e. The lowest BCUT2D eigenvalue weighted by Crippen LogP contribution is -2.60. The van der Waals surface area contributed by atoms with Crippen molar-refractivity contribution in [3.05, 3.63) is 29.8 Å². The first kappa shape index (κ1) is 22.7. The zero-order chi connectivity index (χ0) is 20.6. The van der Waals surface area contributed by atoms with Gasteiger partial charge in [0, 0.05) is 37.5 Å². The molecule has 5 aliphatic rings. The Morgan fingerprint density at radius 1 is 1.03 bits per heavy atom. The molecule has 0 unspecified atom stereocenters. The van der Waals surface area contributed by atoms with Crippen molar-refractivity contribution in [2.75, 3.05) is 26.2 Å². The van der Waals surface area contributed by atoms with Crippen molar-refractivity contribution in [2.24, 2.45) is 17.8 Å². The molecule has 0 radical (unpaired) electrons. The van der Waals surface area contributed by atoms with Gasteiger partial charge in [0.05, 0.1) is 0 Å². The molecule has 4 bridgehead atoms. The van der Waals surface area contributed by atoms with Crippen LogP contribution in [-0.2, 0) is 5.75 Å². The smallest absolute Gasteiger partial charge is 0.410 e. The summed E-state index contributed by atoms with van der Waals surface area (Å²) in [6.45, 7) is 3.28. The molecule has 31 heavy (non-hydrogen) atoms. The van der Waals surface area contributed by atoms with Crippen molar-refractivity contribution >= 4 is 35.5 Å². The second-order valence-corrected chi connectivity index (χ2v) is 10.6. The van der Waals surface area contributed by atoms with Crippen LogP contribution in [0.1, 0.15) is 44.1 Å². The molecule has 170 valence electrons. The zero-order valence-corrected chi connectivity index (χ0v) is 19.4. The number of ether oxygens (including phenoxy) is 1. The fraction of sp³-hybridized carbons (Fsp3) is 0.652. The Morgan fingerprint density at radius 3 is 2.19 bits per heavy atom. The molecule has 1 heterocycles. The van der Waals surface area contributed by atoms with E-state index in [-0.39, 0.29) is 29.3 Å². The van der Waals surface area contributed by atoms with E-state index in [2.05, 4.69) is 10.6 Å². The predicted molar refractivity (Wildman–Crippen MR) is 125 cm³/mol. The summed E-state index contributed by atoms with van der Waals surface area (Å²) in [5.41, 5.74) is 1.02.